The van der Waals surface area contributed by atoms with Crippen LogP contribution in [0.3, 0.4) is 0 Å². The van der Waals surface area contributed by atoms with E-state index in [4.69, 9.17) is 9.84 Å². The maximum absolute atomic E-state index is 11.1. The van der Waals surface area contributed by atoms with Crippen LogP contribution in [-0.2, 0) is 14.3 Å². The third kappa shape index (κ3) is 5.17. The molecule has 1 aliphatic rings. The van der Waals surface area contributed by atoms with Gasteiger partial charge in [-0.15, -0.1) is 0 Å². The molecule has 0 radical (unpaired) electrons. The van der Waals surface area contributed by atoms with Crippen LogP contribution in [0.2, 0.25) is 0 Å². The topological polar surface area (TPSA) is 75.6 Å². The Bertz CT molecular complexity index is 256. The smallest absolute Gasteiger partial charge is 0.328 e. The molecule has 0 aromatic carbocycles. The van der Waals surface area contributed by atoms with Crippen molar-refractivity contribution < 1.29 is 19.4 Å². The zero-order valence-corrected chi connectivity index (χ0v) is 8.44. The summed E-state index contributed by atoms with van der Waals surface area (Å²) in [4.78, 5) is 21.2. The molecule has 0 aliphatic carbocycles. The zero-order valence-electron chi connectivity index (χ0n) is 8.44. The van der Waals surface area contributed by atoms with E-state index in [1.54, 1.807) is 0 Å². The summed E-state index contributed by atoms with van der Waals surface area (Å²) in [6.45, 7) is 2.07. The summed E-state index contributed by atoms with van der Waals surface area (Å²) in [6, 6.07) is 0. The Kier molecular flexibility index (Phi) is 4.83. The molecular formula is C10H15NO4. The van der Waals surface area contributed by atoms with Crippen LogP contribution in [-0.4, -0.2) is 36.7 Å². The molecular weight excluding hydrogens is 198 g/mol. The Morgan fingerprint density at radius 3 is 2.60 bits per heavy atom. The van der Waals surface area contributed by atoms with E-state index in [2.05, 4.69) is 5.32 Å². The van der Waals surface area contributed by atoms with Crippen molar-refractivity contribution >= 4 is 11.9 Å². The van der Waals surface area contributed by atoms with Crippen LogP contribution < -0.4 is 5.32 Å². The maximum Gasteiger partial charge on any atom is 0.328 e. The Morgan fingerprint density at radius 1 is 1.33 bits per heavy atom. The van der Waals surface area contributed by atoms with Crippen molar-refractivity contribution in [3.8, 4) is 0 Å². The van der Waals surface area contributed by atoms with E-state index >= 15 is 0 Å². The number of aliphatic carboxylic acids is 1. The van der Waals surface area contributed by atoms with Gasteiger partial charge in [0.15, 0.2) is 0 Å². The molecule has 0 saturated carbocycles. The lowest BCUT2D eigenvalue weighted by Gasteiger charge is -2.21. The van der Waals surface area contributed by atoms with Crippen molar-refractivity contribution in [1.82, 2.24) is 5.32 Å². The first kappa shape index (κ1) is 11.7. The number of hydrogen-bond acceptors (Lipinski definition) is 3. The predicted octanol–water partition coefficient (Wildman–Crippen LogP) is 0.170. The second kappa shape index (κ2) is 6.19. The fourth-order valence-electron chi connectivity index (χ4n) is 1.40. The molecule has 0 unspecified atom stereocenters. The van der Waals surface area contributed by atoms with Gasteiger partial charge in [-0.25, -0.2) is 4.79 Å². The highest BCUT2D eigenvalue weighted by molar-refractivity contribution is 5.93. The monoisotopic (exact) mass is 213 g/mol. The number of carbonyl (C=O) groups excluding carboxylic acids is 1. The van der Waals surface area contributed by atoms with Crippen LogP contribution >= 0.6 is 0 Å². The number of ether oxygens (including phenoxy) is 1. The van der Waals surface area contributed by atoms with Gasteiger partial charge in [-0.2, -0.15) is 0 Å². The third-order valence-electron chi connectivity index (χ3n) is 2.28. The van der Waals surface area contributed by atoms with E-state index in [9.17, 15) is 9.59 Å². The SMILES string of the molecule is O=C(O)/C=C\C(=O)NCC1CCOCC1. The molecule has 0 atom stereocenters. The van der Waals surface area contributed by atoms with Gasteiger partial charge in [-0.05, 0) is 18.8 Å². The second-order valence-electron chi connectivity index (χ2n) is 3.47. The molecule has 84 valence electrons. The molecule has 5 nitrogen and oxygen atoms in total. The van der Waals surface area contributed by atoms with Crippen LogP contribution in [0.15, 0.2) is 12.2 Å². The highest BCUT2D eigenvalue weighted by Gasteiger charge is 2.13. The lowest BCUT2D eigenvalue weighted by molar-refractivity contribution is -0.131. The first-order valence-electron chi connectivity index (χ1n) is 4.95. The van der Waals surface area contributed by atoms with Crippen molar-refractivity contribution in [2.24, 2.45) is 5.92 Å². The van der Waals surface area contributed by atoms with Crippen molar-refractivity contribution in [2.45, 2.75) is 12.8 Å². The summed E-state index contributed by atoms with van der Waals surface area (Å²) in [5.74, 6) is -1.03. The number of carboxylic acids is 1. The number of rotatable bonds is 4. The van der Waals surface area contributed by atoms with Crippen LogP contribution in [0, 0.1) is 5.92 Å². The van der Waals surface area contributed by atoms with Crippen LogP contribution in [0.25, 0.3) is 0 Å². The molecule has 1 amide bonds. The molecule has 1 saturated heterocycles. The summed E-state index contributed by atoms with van der Waals surface area (Å²) in [5, 5.41) is 11.0. The predicted molar refractivity (Wildman–Crippen MR) is 53.3 cm³/mol. The molecule has 0 spiro atoms. The van der Waals surface area contributed by atoms with E-state index in [0.717, 1.165) is 38.2 Å². The van der Waals surface area contributed by atoms with Crippen LogP contribution in [0.4, 0.5) is 0 Å². The number of hydrogen-bond donors (Lipinski definition) is 2. The van der Waals surface area contributed by atoms with Crippen molar-refractivity contribution in [3.05, 3.63) is 12.2 Å². The molecule has 1 rings (SSSR count). The van der Waals surface area contributed by atoms with Gasteiger partial charge in [0.25, 0.3) is 0 Å². The van der Waals surface area contributed by atoms with E-state index in [0.29, 0.717) is 12.5 Å². The van der Waals surface area contributed by atoms with Gasteiger partial charge in [0.1, 0.15) is 0 Å². The lowest BCUT2D eigenvalue weighted by Crippen LogP contribution is -2.31. The van der Waals surface area contributed by atoms with Gasteiger partial charge in [0.2, 0.25) is 5.91 Å². The quantitative estimate of drug-likeness (QED) is 0.653. The molecule has 5 heteroatoms. The lowest BCUT2D eigenvalue weighted by atomic mass is 10.0. The average molecular weight is 213 g/mol. The molecule has 0 bridgehead atoms. The van der Waals surface area contributed by atoms with Gasteiger partial charge >= 0.3 is 5.97 Å². The summed E-state index contributed by atoms with van der Waals surface area (Å²) < 4.78 is 5.18. The summed E-state index contributed by atoms with van der Waals surface area (Å²) in [7, 11) is 0. The average Bonchev–Trinajstić information content (AvgIpc) is 2.25. The maximum atomic E-state index is 11.1. The van der Waals surface area contributed by atoms with Gasteiger partial charge in [-0.1, -0.05) is 0 Å². The summed E-state index contributed by atoms with van der Waals surface area (Å²) >= 11 is 0. The fourth-order valence-corrected chi connectivity index (χ4v) is 1.40. The zero-order chi connectivity index (χ0) is 11.1. The Morgan fingerprint density at radius 2 is 2.00 bits per heavy atom. The first-order valence-corrected chi connectivity index (χ1v) is 4.95. The van der Waals surface area contributed by atoms with Crippen molar-refractivity contribution in [3.63, 3.8) is 0 Å². The molecule has 0 aromatic rings. The van der Waals surface area contributed by atoms with Gasteiger partial charge in [-0.3, -0.25) is 4.79 Å². The molecule has 0 aromatic heterocycles. The van der Waals surface area contributed by atoms with Gasteiger partial charge < -0.3 is 15.2 Å². The van der Waals surface area contributed by atoms with E-state index < -0.39 is 5.97 Å². The number of nitrogens with one attached hydrogen (secondary N) is 1. The molecule has 2 N–H and O–H groups in total. The number of carboxylic acid groups (broad SMARTS) is 1. The van der Waals surface area contributed by atoms with Crippen LogP contribution in [0.5, 0.6) is 0 Å². The highest BCUT2D eigenvalue weighted by atomic mass is 16.5. The van der Waals surface area contributed by atoms with Gasteiger partial charge in [0, 0.05) is 31.9 Å². The minimum Gasteiger partial charge on any atom is -0.478 e. The number of carbonyl (C=O) groups is 2. The number of amides is 1. The van der Waals surface area contributed by atoms with Crippen molar-refractivity contribution in [1.29, 1.82) is 0 Å². The fraction of sp³-hybridized carbons (Fsp3) is 0.600. The molecule has 1 heterocycles. The minimum atomic E-state index is -1.11. The normalized spacial score (nSPS) is 17.9. The summed E-state index contributed by atoms with van der Waals surface area (Å²) in [5.41, 5.74) is 0. The van der Waals surface area contributed by atoms with Crippen LogP contribution in [0.1, 0.15) is 12.8 Å². The van der Waals surface area contributed by atoms with Gasteiger partial charge in [0.05, 0.1) is 0 Å². The van der Waals surface area contributed by atoms with E-state index in [1.807, 2.05) is 0 Å². The van der Waals surface area contributed by atoms with Crippen molar-refractivity contribution in [2.75, 3.05) is 19.8 Å². The standard InChI is InChI=1S/C10H15NO4/c12-9(1-2-10(13)14)11-7-8-3-5-15-6-4-8/h1-2,8H,3-7H2,(H,11,12)(H,13,14)/b2-1-. The second-order valence-corrected chi connectivity index (χ2v) is 3.47. The molecule has 1 aliphatic heterocycles. The Hall–Kier alpha value is -1.36. The molecule has 15 heavy (non-hydrogen) atoms. The largest absolute Gasteiger partial charge is 0.478 e. The Balaban J connectivity index is 2.18. The van der Waals surface area contributed by atoms with E-state index in [1.165, 1.54) is 0 Å². The molecule has 1 fully saturated rings. The first-order chi connectivity index (χ1) is 7.18. The summed E-state index contributed by atoms with van der Waals surface area (Å²) in [6.07, 6.45) is 3.76. The van der Waals surface area contributed by atoms with E-state index in [-0.39, 0.29) is 5.91 Å². The Labute approximate surface area is 88.1 Å². The highest BCUT2D eigenvalue weighted by Crippen LogP contribution is 2.12. The minimum absolute atomic E-state index is 0.358. The third-order valence-corrected chi connectivity index (χ3v) is 2.28.